The van der Waals surface area contributed by atoms with E-state index in [0.29, 0.717) is 27.0 Å². The van der Waals surface area contributed by atoms with Crippen LogP contribution in [0.3, 0.4) is 0 Å². The van der Waals surface area contributed by atoms with Crippen LogP contribution >= 0.6 is 23.2 Å². The Labute approximate surface area is 172 Å². The summed E-state index contributed by atoms with van der Waals surface area (Å²) >= 11 is 12.4. The number of hydrogen-bond donors (Lipinski definition) is 1. The fourth-order valence-corrected chi connectivity index (χ4v) is 3.53. The Bertz CT molecular complexity index is 1000. The molecular formula is C21H18Cl2N2O3. The van der Waals surface area contributed by atoms with E-state index in [2.05, 4.69) is 5.32 Å². The summed E-state index contributed by atoms with van der Waals surface area (Å²) in [4.78, 5) is 37.8. The molecule has 5 nitrogen and oxygen atoms in total. The Balaban J connectivity index is 1.75. The number of benzene rings is 2. The first-order chi connectivity index (χ1) is 13.3. The molecule has 2 aromatic rings. The number of rotatable bonds is 5. The smallest absolute Gasteiger partial charge is 0.261 e. The van der Waals surface area contributed by atoms with Gasteiger partial charge in [0.25, 0.3) is 11.8 Å². The Kier molecular flexibility index (Phi) is 5.87. The van der Waals surface area contributed by atoms with Crippen molar-refractivity contribution < 1.29 is 14.4 Å². The van der Waals surface area contributed by atoms with Crippen LogP contribution in [0.5, 0.6) is 0 Å². The molecule has 3 amide bonds. The molecule has 0 aromatic heterocycles. The van der Waals surface area contributed by atoms with Crippen molar-refractivity contribution in [2.24, 2.45) is 0 Å². The summed E-state index contributed by atoms with van der Waals surface area (Å²) in [6.45, 7) is 3.49. The predicted molar refractivity (Wildman–Crippen MR) is 111 cm³/mol. The molecule has 1 heterocycles. The maximum absolute atomic E-state index is 12.5. The molecule has 1 aliphatic heterocycles. The maximum Gasteiger partial charge on any atom is 0.261 e. The van der Waals surface area contributed by atoms with Gasteiger partial charge in [-0.25, -0.2) is 4.90 Å². The van der Waals surface area contributed by atoms with Crippen LogP contribution in [0.25, 0.3) is 0 Å². The molecule has 2 aromatic carbocycles. The van der Waals surface area contributed by atoms with Crippen molar-refractivity contribution in [3.63, 3.8) is 0 Å². The average Bonchev–Trinajstić information content (AvgIpc) is 2.89. The molecular weight excluding hydrogens is 399 g/mol. The predicted octanol–water partition coefficient (Wildman–Crippen LogP) is 4.95. The minimum absolute atomic E-state index is 0.0933. The summed E-state index contributed by atoms with van der Waals surface area (Å²) in [6.07, 6.45) is 1.48. The Morgan fingerprint density at radius 3 is 2.46 bits per heavy atom. The highest BCUT2D eigenvalue weighted by molar-refractivity contribution is 6.34. The third-order valence-electron chi connectivity index (χ3n) is 4.51. The molecule has 3 rings (SSSR count). The van der Waals surface area contributed by atoms with Crippen LogP contribution in [-0.4, -0.2) is 17.7 Å². The van der Waals surface area contributed by atoms with E-state index in [9.17, 15) is 14.4 Å². The third-order valence-corrected chi connectivity index (χ3v) is 5.18. The van der Waals surface area contributed by atoms with Crippen LogP contribution in [-0.2, 0) is 14.4 Å². The second kappa shape index (κ2) is 8.17. The van der Waals surface area contributed by atoms with E-state index in [0.717, 1.165) is 10.5 Å². The zero-order chi connectivity index (χ0) is 20.4. The number of carbonyl (C=O) groups is 3. The van der Waals surface area contributed by atoms with Crippen molar-refractivity contribution in [1.82, 2.24) is 0 Å². The molecule has 0 radical (unpaired) electrons. The summed E-state index contributed by atoms with van der Waals surface area (Å²) in [5, 5.41) is 3.67. The molecule has 1 atom stereocenters. The van der Waals surface area contributed by atoms with Gasteiger partial charge in [-0.1, -0.05) is 48.3 Å². The third kappa shape index (κ3) is 4.11. The maximum atomic E-state index is 12.5. The highest BCUT2D eigenvalue weighted by Gasteiger charge is 2.30. The Morgan fingerprint density at radius 2 is 1.82 bits per heavy atom. The van der Waals surface area contributed by atoms with Crippen LogP contribution in [0.4, 0.5) is 11.4 Å². The SMILES string of the molecule is CC1=CC(=O)N(c2ccc(Cl)c(NC(=O)CC(C)c3ccccc3Cl)c2)C1=O. The minimum Gasteiger partial charge on any atom is -0.325 e. The second-order valence-electron chi connectivity index (χ2n) is 6.65. The first-order valence-corrected chi connectivity index (χ1v) is 9.44. The van der Waals surface area contributed by atoms with Gasteiger partial charge in [-0.3, -0.25) is 14.4 Å². The Morgan fingerprint density at radius 1 is 1.11 bits per heavy atom. The molecule has 1 aliphatic rings. The number of anilines is 2. The number of amides is 3. The second-order valence-corrected chi connectivity index (χ2v) is 7.46. The van der Waals surface area contributed by atoms with Crippen molar-refractivity contribution in [3.8, 4) is 0 Å². The summed E-state index contributed by atoms with van der Waals surface area (Å²) in [5.41, 5.74) is 1.93. The zero-order valence-corrected chi connectivity index (χ0v) is 16.8. The minimum atomic E-state index is -0.422. The quantitative estimate of drug-likeness (QED) is 0.701. The van der Waals surface area contributed by atoms with Gasteiger partial charge in [0.05, 0.1) is 16.4 Å². The van der Waals surface area contributed by atoms with Gasteiger partial charge in [-0.15, -0.1) is 0 Å². The summed E-state index contributed by atoms with van der Waals surface area (Å²) in [6, 6.07) is 12.0. The van der Waals surface area contributed by atoms with Crippen LogP contribution in [0.1, 0.15) is 31.7 Å². The highest BCUT2D eigenvalue weighted by atomic mass is 35.5. The van der Waals surface area contributed by atoms with Crippen molar-refractivity contribution >= 4 is 52.3 Å². The molecule has 28 heavy (non-hydrogen) atoms. The number of hydrogen-bond acceptors (Lipinski definition) is 3. The summed E-state index contributed by atoms with van der Waals surface area (Å²) in [7, 11) is 0. The Hall–Kier alpha value is -2.63. The van der Waals surface area contributed by atoms with Crippen molar-refractivity contribution in [3.05, 3.63) is 69.7 Å². The highest BCUT2D eigenvalue weighted by Crippen LogP contribution is 2.31. The largest absolute Gasteiger partial charge is 0.325 e. The van der Waals surface area contributed by atoms with E-state index in [4.69, 9.17) is 23.2 Å². The molecule has 1 unspecified atom stereocenters. The lowest BCUT2D eigenvalue weighted by molar-refractivity contribution is -0.120. The van der Waals surface area contributed by atoms with Crippen LogP contribution < -0.4 is 10.2 Å². The number of carbonyl (C=O) groups excluding carboxylic acids is 3. The fourth-order valence-electron chi connectivity index (χ4n) is 3.04. The van der Waals surface area contributed by atoms with Gasteiger partial charge in [-0.2, -0.15) is 0 Å². The number of nitrogens with zero attached hydrogens (tertiary/aromatic N) is 1. The van der Waals surface area contributed by atoms with Crippen molar-refractivity contribution in [2.75, 3.05) is 10.2 Å². The number of halogens is 2. The van der Waals surface area contributed by atoms with E-state index in [1.807, 2.05) is 25.1 Å². The standard InChI is InChI=1S/C21H18Cl2N2O3/c1-12(15-5-3-4-6-16(15)22)9-19(26)24-18-11-14(7-8-17(18)23)25-20(27)10-13(2)21(25)28/h3-8,10-12H,9H2,1-2H3,(H,24,26). The molecule has 0 aliphatic carbocycles. The van der Waals surface area contributed by atoms with Crippen LogP contribution in [0.15, 0.2) is 54.1 Å². The van der Waals surface area contributed by atoms with Crippen molar-refractivity contribution in [1.29, 1.82) is 0 Å². The lowest BCUT2D eigenvalue weighted by atomic mass is 9.97. The lowest BCUT2D eigenvalue weighted by Gasteiger charge is -2.17. The van der Waals surface area contributed by atoms with Gasteiger partial charge in [0.2, 0.25) is 5.91 Å². The molecule has 0 bridgehead atoms. The van der Waals surface area contributed by atoms with Gasteiger partial charge in [0, 0.05) is 23.1 Å². The van der Waals surface area contributed by atoms with E-state index >= 15 is 0 Å². The van der Waals surface area contributed by atoms with Crippen LogP contribution in [0.2, 0.25) is 10.0 Å². The van der Waals surface area contributed by atoms with Gasteiger partial charge >= 0.3 is 0 Å². The lowest BCUT2D eigenvalue weighted by Crippen LogP contribution is -2.30. The van der Waals surface area contributed by atoms with E-state index in [1.54, 1.807) is 19.1 Å². The van der Waals surface area contributed by atoms with E-state index in [1.165, 1.54) is 18.2 Å². The first kappa shape index (κ1) is 20.1. The van der Waals surface area contributed by atoms with E-state index in [-0.39, 0.29) is 18.2 Å². The topological polar surface area (TPSA) is 66.5 Å². The average molecular weight is 417 g/mol. The van der Waals surface area contributed by atoms with E-state index < -0.39 is 11.8 Å². The zero-order valence-electron chi connectivity index (χ0n) is 15.3. The first-order valence-electron chi connectivity index (χ1n) is 8.68. The molecule has 0 saturated heterocycles. The van der Waals surface area contributed by atoms with Gasteiger partial charge in [0.1, 0.15) is 0 Å². The molecule has 0 saturated carbocycles. The monoisotopic (exact) mass is 416 g/mol. The molecule has 0 fully saturated rings. The summed E-state index contributed by atoms with van der Waals surface area (Å²) < 4.78 is 0. The fraction of sp³-hybridized carbons (Fsp3) is 0.190. The van der Waals surface area contributed by atoms with Gasteiger partial charge in [0.15, 0.2) is 0 Å². The van der Waals surface area contributed by atoms with Crippen LogP contribution in [0, 0.1) is 0 Å². The summed E-state index contributed by atoms with van der Waals surface area (Å²) in [5.74, 6) is -1.16. The molecule has 144 valence electrons. The normalized spacial score (nSPS) is 14.9. The number of nitrogens with one attached hydrogen (secondary N) is 1. The number of imide groups is 1. The van der Waals surface area contributed by atoms with Gasteiger partial charge < -0.3 is 5.32 Å². The molecule has 7 heteroatoms. The van der Waals surface area contributed by atoms with Crippen molar-refractivity contribution in [2.45, 2.75) is 26.2 Å². The molecule has 0 spiro atoms. The van der Waals surface area contributed by atoms with Gasteiger partial charge in [-0.05, 0) is 42.7 Å². The molecule has 1 N–H and O–H groups in total.